The van der Waals surface area contributed by atoms with Gasteiger partial charge in [0.1, 0.15) is 22.9 Å². The minimum atomic E-state index is -4.74. The summed E-state index contributed by atoms with van der Waals surface area (Å²) in [5.74, 6) is -0.714. The van der Waals surface area contributed by atoms with E-state index in [-0.39, 0.29) is 42.2 Å². The molecule has 0 aliphatic carbocycles. The molecule has 2 aromatic heterocycles. The molecular formula is C31H29Cl2F4N3O2. The summed E-state index contributed by atoms with van der Waals surface area (Å²) in [6.07, 6.45) is 0.658. The minimum absolute atomic E-state index is 0. The average molecular weight is 622 g/mol. The van der Waals surface area contributed by atoms with Gasteiger partial charge in [-0.1, -0.05) is 36.7 Å². The van der Waals surface area contributed by atoms with Crippen LogP contribution in [-0.2, 0) is 12.8 Å². The van der Waals surface area contributed by atoms with E-state index in [9.17, 15) is 18.0 Å². The first-order valence-corrected chi connectivity index (χ1v) is 13.7. The fourth-order valence-electron chi connectivity index (χ4n) is 5.30. The van der Waals surface area contributed by atoms with Crippen LogP contribution >= 0.6 is 24.0 Å². The number of imidazole rings is 1. The number of anilines is 1. The van der Waals surface area contributed by atoms with Crippen LogP contribution < -0.4 is 9.64 Å². The summed E-state index contributed by atoms with van der Waals surface area (Å²) in [6.45, 7) is 4.47. The summed E-state index contributed by atoms with van der Waals surface area (Å²) in [4.78, 5) is 19.8. The van der Waals surface area contributed by atoms with Crippen LogP contribution in [0.5, 0.6) is 5.75 Å². The normalized spacial score (nSPS) is 15.4. The number of rotatable bonds is 8. The number of hydrogen-bond donors (Lipinski definition) is 0. The molecule has 0 spiro atoms. The number of fused-ring (bicyclic) bond motifs is 1. The molecule has 1 aliphatic rings. The fourth-order valence-corrected chi connectivity index (χ4v) is 5.46. The highest BCUT2D eigenvalue weighted by atomic mass is 35.5. The highest BCUT2D eigenvalue weighted by Crippen LogP contribution is 2.32. The largest absolute Gasteiger partial charge is 0.573 e. The Morgan fingerprint density at radius 3 is 2.50 bits per heavy atom. The Hall–Kier alpha value is -3.56. The van der Waals surface area contributed by atoms with Gasteiger partial charge >= 0.3 is 6.36 Å². The highest BCUT2D eigenvalue weighted by molar-refractivity contribution is 6.30. The summed E-state index contributed by atoms with van der Waals surface area (Å²) in [5, 5.41) is 0.507. The van der Waals surface area contributed by atoms with Crippen LogP contribution in [0.1, 0.15) is 54.0 Å². The molecule has 4 aromatic rings. The predicted octanol–water partition coefficient (Wildman–Crippen LogP) is 8.51. The van der Waals surface area contributed by atoms with Crippen LogP contribution in [0.15, 0.2) is 66.9 Å². The number of nitrogens with zero attached hydrogens (tertiary/aromatic N) is 3. The predicted molar refractivity (Wildman–Crippen MR) is 158 cm³/mol. The van der Waals surface area contributed by atoms with Crippen molar-refractivity contribution in [3.63, 3.8) is 0 Å². The molecule has 0 fully saturated rings. The fraction of sp³-hybridized carbons (Fsp3) is 0.290. The van der Waals surface area contributed by atoms with Crippen molar-refractivity contribution in [3.8, 4) is 5.75 Å². The summed E-state index contributed by atoms with van der Waals surface area (Å²) in [7, 11) is 0. The topological polar surface area (TPSA) is 46.8 Å². The maximum absolute atomic E-state index is 15.3. The highest BCUT2D eigenvalue weighted by Gasteiger charge is 2.31. The average Bonchev–Trinajstić information content (AvgIpc) is 3.29. The Kier molecular flexibility index (Phi) is 9.53. The molecule has 5 rings (SSSR count). The zero-order chi connectivity index (χ0) is 29.3. The van der Waals surface area contributed by atoms with Gasteiger partial charge in [0.2, 0.25) is 0 Å². The lowest BCUT2D eigenvalue weighted by Crippen LogP contribution is -2.35. The standard InChI is InChI=1S/C31H28ClF4N3O2.ClH/c1-3-27-30(39-18-22(32)6-13-29(39)37-27)28(40)12-5-20-4-11-25(26(33)17-20)21-14-15-38(19(2)16-21)23-7-9-24(10-8-23)41-31(34,35)36;/h4,6-11,13,16-19H,3,5,12,14-15H2,1-2H3;1H/t19-;/m0./s1. The molecule has 0 amide bonds. The van der Waals surface area contributed by atoms with Crippen molar-refractivity contribution in [2.45, 2.75) is 51.9 Å². The number of aryl methyl sites for hydroxylation is 2. The zero-order valence-corrected chi connectivity index (χ0v) is 24.5. The molecule has 0 saturated heterocycles. The summed E-state index contributed by atoms with van der Waals surface area (Å²) >= 11 is 6.14. The van der Waals surface area contributed by atoms with Gasteiger partial charge in [0.25, 0.3) is 0 Å². The van der Waals surface area contributed by atoms with Gasteiger partial charge in [0, 0.05) is 36.5 Å². The molecule has 11 heteroatoms. The van der Waals surface area contributed by atoms with Crippen molar-refractivity contribution in [1.82, 2.24) is 9.38 Å². The van der Waals surface area contributed by atoms with Crippen molar-refractivity contribution >= 4 is 46.7 Å². The SMILES string of the molecule is CCc1nc2ccc(Cl)cn2c1C(=O)CCc1ccc(C2=C[C@H](C)N(c3ccc(OC(F)(F)F)cc3)CC2)c(F)c1.Cl. The first kappa shape index (κ1) is 31.4. The van der Waals surface area contributed by atoms with Crippen molar-refractivity contribution in [2.75, 3.05) is 11.4 Å². The van der Waals surface area contributed by atoms with E-state index in [1.807, 2.05) is 30.9 Å². The monoisotopic (exact) mass is 621 g/mol. The maximum atomic E-state index is 15.3. The summed E-state index contributed by atoms with van der Waals surface area (Å²) in [6, 6.07) is 14.2. The van der Waals surface area contributed by atoms with E-state index in [4.69, 9.17) is 11.6 Å². The Bertz CT molecular complexity index is 1620. The Balaban J connectivity index is 0.00000405. The van der Waals surface area contributed by atoms with Gasteiger partial charge in [-0.15, -0.1) is 25.6 Å². The molecule has 42 heavy (non-hydrogen) atoms. The van der Waals surface area contributed by atoms with E-state index in [1.165, 1.54) is 18.2 Å². The first-order chi connectivity index (χ1) is 19.5. The lowest BCUT2D eigenvalue weighted by atomic mass is 9.94. The number of Topliss-reactive ketones (excluding diaryl/α,β-unsaturated/α-hetero) is 1. The van der Waals surface area contributed by atoms with Crippen LogP contribution in [0.3, 0.4) is 0 Å². The molecule has 0 N–H and O–H groups in total. The molecule has 222 valence electrons. The summed E-state index contributed by atoms with van der Waals surface area (Å²) < 4.78 is 58.3. The third-order valence-electron chi connectivity index (χ3n) is 7.23. The van der Waals surface area contributed by atoms with E-state index in [2.05, 4.69) is 9.72 Å². The van der Waals surface area contributed by atoms with Gasteiger partial charge in [-0.3, -0.25) is 9.20 Å². The number of carbonyl (C=O) groups is 1. The number of carbonyl (C=O) groups excluding carboxylic acids is 1. The number of halogens is 6. The molecule has 0 bridgehead atoms. The van der Waals surface area contributed by atoms with E-state index < -0.39 is 6.36 Å². The molecular weight excluding hydrogens is 593 g/mol. The van der Waals surface area contributed by atoms with Crippen LogP contribution in [-0.4, -0.2) is 34.1 Å². The number of alkyl halides is 3. The molecule has 3 heterocycles. The molecule has 0 radical (unpaired) electrons. The lowest BCUT2D eigenvalue weighted by molar-refractivity contribution is -0.274. The molecule has 5 nitrogen and oxygen atoms in total. The number of hydrogen-bond acceptors (Lipinski definition) is 4. The van der Waals surface area contributed by atoms with Crippen LogP contribution in [0, 0.1) is 5.82 Å². The van der Waals surface area contributed by atoms with E-state index in [0.29, 0.717) is 53.4 Å². The molecule has 0 unspecified atom stereocenters. The van der Waals surface area contributed by atoms with Gasteiger partial charge in [0.05, 0.1) is 10.7 Å². The second kappa shape index (κ2) is 12.8. The van der Waals surface area contributed by atoms with Gasteiger partial charge in [-0.05, 0) is 79.8 Å². The third kappa shape index (κ3) is 6.90. The van der Waals surface area contributed by atoms with Crippen molar-refractivity contribution in [2.24, 2.45) is 0 Å². The number of pyridine rings is 1. The maximum Gasteiger partial charge on any atom is 0.573 e. The second-order valence-corrected chi connectivity index (χ2v) is 10.4. The number of ether oxygens (including phenoxy) is 1. The van der Waals surface area contributed by atoms with Crippen LogP contribution in [0.25, 0.3) is 11.2 Å². The smallest absolute Gasteiger partial charge is 0.406 e. The first-order valence-electron chi connectivity index (χ1n) is 13.3. The third-order valence-corrected chi connectivity index (χ3v) is 7.46. The molecule has 1 aliphatic heterocycles. The number of benzene rings is 2. The second-order valence-electron chi connectivity index (χ2n) is 9.99. The number of ketones is 1. The minimum Gasteiger partial charge on any atom is -0.406 e. The van der Waals surface area contributed by atoms with Crippen molar-refractivity contribution < 1.29 is 27.1 Å². The van der Waals surface area contributed by atoms with Gasteiger partial charge < -0.3 is 9.64 Å². The number of aromatic nitrogens is 2. The van der Waals surface area contributed by atoms with E-state index in [0.717, 1.165) is 16.8 Å². The Morgan fingerprint density at radius 2 is 1.86 bits per heavy atom. The Labute approximate surface area is 252 Å². The van der Waals surface area contributed by atoms with E-state index in [1.54, 1.807) is 40.9 Å². The van der Waals surface area contributed by atoms with Crippen LogP contribution in [0.2, 0.25) is 5.02 Å². The van der Waals surface area contributed by atoms with E-state index >= 15 is 4.39 Å². The zero-order valence-electron chi connectivity index (χ0n) is 22.9. The van der Waals surface area contributed by atoms with Crippen molar-refractivity contribution in [3.05, 3.63) is 100 Å². The van der Waals surface area contributed by atoms with Gasteiger partial charge in [-0.25, -0.2) is 9.37 Å². The lowest BCUT2D eigenvalue weighted by Gasteiger charge is -2.34. The quantitative estimate of drug-likeness (QED) is 0.146. The Morgan fingerprint density at radius 1 is 1.12 bits per heavy atom. The van der Waals surface area contributed by atoms with Gasteiger partial charge in [-0.2, -0.15) is 0 Å². The molecule has 1 atom stereocenters. The van der Waals surface area contributed by atoms with Crippen LogP contribution in [0.4, 0.5) is 23.2 Å². The molecule has 0 saturated carbocycles. The summed E-state index contributed by atoms with van der Waals surface area (Å²) in [5.41, 5.74) is 4.71. The molecule has 2 aromatic carbocycles. The van der Waals surface area contributed by atoms with Crippen molar-refractivity contribution in [1.29, 1.82) is 0 Å². The van der Waals surface area contributed by atoms with Gasteiger partial charge in [0.15, 0.2) is 5.78 Å².